The Kier molecular flexibility index (Phi) is 4.05. The fourth-order valence-corrected chi connectivity index (χ4v) is 5.03. The molecule has 2 heterocycles. The molecule has 0 amide bonds. The summed E-state index contributed by atoms with van der Waals surface area (Å²) in [5, 5.41) is 14.4. The van der Waals surface area contributed by atoms with Gasteiger partial charge >= 0.3 is 0 Å². The number of nitrogens with zero attached hydrogens (tertiary/aromatic N) is 2. The molecule has 2 aliphatic heterocycles. The summed E-state index contributed by atoms with van der Waals surface area (Å²) in [6, 6.07) is 16.5. The van der Waals surface area contributed by atoms with Gasteiger partial charge in [-0.1, -0.05) is 24.3 Å². The van der Waals surface area contributed by atoms with Gasteiger partial charge in [-0.3, -0.25) is 10.2 Å². The van der Waals surface area contributed by atoms with E-state index in [9.17, 15) is 5.26 Å². The van der Waals surface area contributed by atoms with Crippen molar-refractivity contribution < 1.29 is 9.57 Å². The van der Waals surface area contributed by atoms with E-state index >= 15 is 0 Å². The predicted octanol–water partition coefficient (Wildman–Crippen LogP) is 2.54. The third-order valence-corrected chi connectivity index (χ3v) is 6.46. The maximum absolute atomic E-state index is 9.24. The van der Waals surface area contributed by atoms with Crippen molar-refractivity contribution in [3.63, 3.8) is 0 Å². The Morgan fingerprint density at radius 1 is 1.14 bits per heavy atom. The normalized spacial score (nSPS) is 28.5. The maximum atomic E-state index is 9.24. The largest absolute Gasteiger partial charge is 0.381 e. The minimum atomic E-state index is -0.621. The van der Waals surface area contributed by atoms with Crippen LogP contribution in [0.15, 0.2) is 42.5 Å². The zero-order valence-electron chi connectivity index (χ0n) is 15.9. The van der Waals surface area contributed by atoms with E-state index in [1.165, 1.54) is 5.56 Å². The van der Waals surface area contributed by atoms with E-state index in [0.717, 1.165) is 49.2 Å². The van der Waals surface area contributed by atoms with Gasteiger partial charge in [-0.15, -0.1) is 0 Å². The second kappa shape index (κ2) is 6.38. The quantitative estimate of drug-likeness (QED) is 0.796. The van der Waals surface area contributed by atoms with Crippen LogP contribution in [0.5, 0.6) is 0 Å². The van der Waals surface area contributed by atoms with Gasteiger partial charge in [-0.05, 0) is 47.7 Å². The molecule has 28 heavy (non-hydrogen) atoms. The highest BCUT2D eigenvalue weighted by Crippen LogP contribution is 2.55. The molecular formula is C22H24N4O2. The van der Waals surface area contributed by atoms with Crippen LogP contribution >= 0.6 is 0 Å². The van der Waals surface area contributed by atoms with Gasteiger partial charge in [0.15, 0.2) is 5.72 Å². The van der Waals surface area contributed by atoms with Crippen molar-refractivity contribution in [2.75, 3.05) is 20.3 Å². The third-order valence-electron chi connectivity index (χ3n) is 6.46. The number of nitrogens with two attached hydrogens (primary N) is 1. The molecule has 2 saturated heterocycles. The molecular weight excluding hydrogens is 352 g/mol. The molecule has 2 aromatic carbocycles. The Morgan fingerprint density at radius 3 is 2.64 bits per heavy atom. The molecule has 0 aromatic heterocycles. The number of hydrogen-bond acceptors (Lipinski definition) is 6. The zero-order chi connectivity index (χ0) is 19.4. The smallest absolute Gasteiger partial charge is 0.169 e. The molecule has 1 aliphatic carbocycles. The lowest BCUT2D eigenvalue weighted by atomic mass is 9.75. The fourth-order valence-electron chi connectivity index (χ4n) is 5.03. The zero-order valence-corrected chi connectivity index (χ0v) is 15.9. The standard InChI is InChI=1S/C22H24N4O2/c1-26-20(24)25-22(28-26)14-21(7-9-27-10-8-21)18-6-5-17(12-19(18)22)16-4-2-3-15(11-16)13-23/h2-6,11-12,20,25H,7-10,14,24H2,1H3. The van der Waals surface area contributed by atoms with Crippen LogP contribution in [0.3, 0.4) is 0 Å². The number of ether oxygens (including phenoxy) is 1. The van der Waals surface area contributed by atoms with Crippen LogP contribution in [0.4, 0.5) is 0 Å². The van der Waals surface area contributed by atoms with Crippen LogP contribution < -0.4 is 11.1 Å². The van der Waals surface area contributed by atoms with Crippen molar-refractivity contribution in [1.29, 1.82) is 5.26 Å². The number of nitrogens with one attached hydrogen (secondary N) is 1. The second-order valence-corrected chi connectivity index (χ2v) is 8.08. The van der Waals surface area contributed by atoms with Crippen LogP contribution in [0.25, 0.3) is 11.1 Å². The van der Waals surface area contributed by atoms with Crippen LogP contribution in [-0.4, -0.2) is 31.6 Å². The SMILES string of the molecule is CN1OC2(CC3(CCOCC3)c3ccc(-c4cccc(C#N)c4)cc32)NC1N. The lowest BCUT2D eigenvalue weighted by Gasteiger charge is -2.35. The van der Waals surface area contributed by atoms with Gasteiger partial charge < -0.3 is 10.5 Å². The van der Waals surface area contributed by atoms with Crippen LogP contribution in [0.1, 0.15) is 36.0 Å². The summed E-state index contributed by atoms with van der Waals surface area (Å²) in [6.07, 6.45) is 2.45. The van der Waals surface area contributed by atoms with Crippen molar-refractivity contribution in [3.05, 3.63) is 59.2 Å². The number of fused-ring (bicyclic) bond motifs is 3. The molecule has 3 N–H and O–H groups in total. The van der Waals surface area contributed by atoms with E-state index in [0.29, 0.717) is 5.56 Å². The summed E-state index contributed by atoms with van der Waals surface area (Å²) in [6.45, 7) is 1.53. The molecule has 2 fully saturated rings. The number of nitriles is 1. The van der Waals surface area contributed by atoms with Gasteiger partial charge in [-0.25, -0.2) is 0 Å². The number of benzene rings is 2. The van der Waals surface area contributed by atoms with Crippen molar-refractivity contribution in [2.24, 2.45) is 5.73 Å². The number of rotatable bonds is 1. The minimum Gasteiger partial charge on any atom is -0.381 e. The predicted molar refractivity (Wildman–Crippen MR) is 105 cm³/mol. The molecule has 6 heteroatoms. The Hall–Kier alpha value is -2.27. The molecule has 0 saturated carbocycles. The second-order valence-electron chi connectivity index (χ2n) is 8.08. The molecule has 2 aromatic rings. The average molecular weight is 376 g/mol. The van der Waals surface area contributed by atoms with Crippen molar-refractivity contribution in [2.45, 2.75) is 36.7 Å². The molecule has 5 rings (SSSR count). The molecule has 3 aliphatic rings. The first-order valence-electron chi connectivity index (χ1n) is 9.74. The third kappa shape index (κ3) is 2.60. The topological polar surface area (TPSA) is 83.5 Å². The number of hydrogen-bond donors (Lipinski definition) is 2. The van der Waals surface area contributed by atoms with E-state index in [2.05, 4.69) is 29.6 Å². The molecule has 2 unspecified atom stereocenters. The monoisotopic (exact) mass is 376 g/mol. The van der Waals surface area contributed by atoms with E-state index in [1.54, 1.807) is 5.06 Å². The van der Waals surface area contributed by atoms with E-state index < -0.39 is 5.72 Å². The Morgan fingerprint density at radius 2 is 1.93 bits per heavy atom. The summed E-state index contributed by atoms with van der Waals surface area (Å²) in [5.41, 5.74) is 10.9. The summed E-state index contributed by atoms with van der Waals surface area (Å²) in [4.78, 5) is 6.32. The summed E-state index contributed by atoms with van der Waals surface area (Å²) in [5.74, 6) is 0. The van der Waals surface area contributed by atoms with Crippen LogP contribution in [0, 0.1) is 11.3 Å². The molecule has 144 valence electrons. The Bertz CT molecular complexity index is 951. The number of hydroxylamine groups is 2. The summed E-state index contributed by atoms with van der Waals surface area (Å²) < 4.78 is 5.66. The van der Waals surface area contributed by atoms with E-state index in [-0.39, 0.29) is 11.7 Å². The van der Waals surface area contributed by atoms with Crippen LogP contribution in [0.2, 0.25) is 0 Å². The fraction of sp³-hybridized carbons (Fsp3) is 0.409. The van der Waals surface area contributed by atoms with Crippen molar-refractivity contribution in [1.82, 2.24) is 10.4 Å². The highest BCUT2D eigenvalue weighted by Gasteiger charge is 2.57. The first kappa shape index (κ1) is 17.8. The minimum absolute atomic E-state index is 0.0402. The van der Waals surface area contributed by atoms with Crippen molar-refractivity contribution in [3.8, 4) is 17.2 Å². The molecule has 0 radical (unpaired) electrons. The first-order valence-corrected chi connectivity index (χ1v) is 9.74. The first-order chi connectivity index (χ1) is 13.6. The summed E-state index contributed by atoms with van der Waals surface area (Å²) in [7, 11) is 1.86. The Balaban J connectivity index is 1.65. The van der Waals surface area contributed by atoms with Crippen molar-refractivity contribution >= 4 is 0 Å². The average Bonchev–Trinajstić information content (AvgIpc) is 3.14. The molecule has 2 spiro atoms. The van der Waals surface area contributed by atoms with Gasteiger partial charge in [0.25, 0.3) is 0 Å². The molecule has 0 bridgehead atoms. The lowest BCUT2D eigenvalue weighted by molar-refractivity contribution is -0.200. The van der Waals surface area contributed by atoms with Crippen LogP contribution in [-0.2, 0) is 20.7 Å². The maximum Gasteiger partial charge on any atom is 0.169 e. The van der Waals surface area contributed by atoms with Gasteiger partial charge in [0.05, 0.1) is 11.6 Å². The Labute approximate surface area is 164 Å². The van der Waals surface area contributed by atoms with E-state index in [1.807, 2.05) is 31.3 Å². The summed E-state index contributed by atoms with van der Waals surface area (Å²) >= 11 is 0. The van der Waals surface area contributed by atoms with Gasteiger partial charge in [0.1, 0.15) is 6.29 Å². The van der Waals surface area contributed by atoms with E-state index in [4.69, 9.17) is 15.3 Å². The lowest BCUT2D eigenvalue weighted by Crippen LogP contribution is -2.46. The molecule has 6 nitrogen and oxygen atoms in total. The van der Waals surface area contributed by atoms with Gasteiger partial charge in [-0.2, -0.15) is 10.3 Å². The van der Waals surface area contributed by atoms with Gasteiger partial charge in [0.2, 0.25) is 0 Å². The van der Waals surface area contributed by atoms with Gasteiger partial charge in [0, 0.05) is 37.7 Å². The highest BCUT2D eigenvalue weighted by atomic mass is 16.7. The highest BCUT2D eigenvalue weighted by molar-refractivity contribution is 5.68. The molecule has 2 atom stereocenters.